The maximum atomic E-state index is 11.8. The molecule has 3 fully saturated rings. The van der Waals surface area contributed by atoms with Crippen LogP contribution in [-0.4, -0.2) is 42.5 Å². The number of rotatable bonds is 0. The summed E-state index contributed by atoms with van der Waals surface area (Å²) in [6.45, 7) is 2.17. The molecule has 17 heavy (non-hydrogen) atoms. The normalized spacial score (nSPS) is 40.7. The quantitative estimate of drug-likeness (QED) is 0.644. The van der Waals surface area contributed by atoms with Crippen molar-refractivity contribution in [3.63, 3.8) is 0 Å². The van der Waals surface area contributed by atoms with E-state index in [1.54, 1.807) is 0 Å². The molecule has 2 spiro atoms. The number of carbonyl (C=O) groups is 1. The highest BCUT2D eigenvalue weighted by Crippen LogP contribution is 2.54. The van der Waals surface area contributed by atoms with E-state index >= 15 is 0 Å². The molecule has 2 aliphatic heterocycles. The Hall–Kier alpha value is -0.610. The lowest BCUT2D eigenvalue weighted by Crippen LogP contribution is -2.45. The highest BCUT2D eigenvalue weighted by Gasteiger charge is 2.57. The molecule has 0 radical (unpaired) electrons. The van der Waals surface area contributed by atoms with E-state index in [1.807, 2.05) is 11.9 Å². The summed E-state index contributed by atoms with van der Waals surface area (Å²) in [4.78, 5) is 13.8. The molecule has 96 valence electrons. The third-order valence-corrected chi connectivity index (χ3v) is 5.56. The van der Waals surface area contributed by atoms with Gasteiger partial charge in [0.2, 0.25) is 5.91 Å². The molecule has 0 aromatic carbocycles. The summed E-state index contributed by atoms with van der Waals surface area (Å²) in [5.74, 6) is 0.309. The maximum absolute atomic E-state index is 11.8. The van der Waals surface area contributed by atoms with Gasteiger partial charge in [0.25, 0.3) is 0 Å². The Morgan fingerprint density at radius 2 is 2.06 bits per heavy atom. The Morgan fingerprint density at radius 3 is 2.65 bits per heavy atom. The Morgan fingerprint density at radius 1 is 1.35 bits per heavy atom. The SMILES string of the molecule is CN1C(=O)CCC12CC(N)C1(CCNCC1)C2. The van der Waals surface area contributed by atoms with E-state index in [2.05, 4.69) is 5.32 Å². The van der Waals surface area contributed by atoms with E-state index in [-0.39, 0.29) is 11.6 Å². The van der Waals surface area contributed by atoms with Gasteiger partial charge in [0.15, 0.2) is 0 Å². The molecule has 3 rings (SSSR count). The monoisotopic (exact) mass is 237 g/mol. The number of likely N-dealkylation sites (tertiary alicyclic amines) is 1. The van der Waals surface area contributed by atoms with Crippen LogP contribution in [0, 0.1) is 5.41 Å². The van der Waals surface area contributed by atoms with E-state index < -0.39 is 0 Å². The number of nitrogens with one attached hydrogen (secondary N) is 1. The summed E-state index contributed by atoms with van der Waals surface area (Å²) in [6.07, 6.45) is 6.24. The van der Waals surface area contributed by atoms with Crippen molar-refractivity contribution >= 4 is 5.91 Å². The van der Waals surface area contributed by atoms with E-state index in [1.165, 1.54) is 12.8 Å². The lowest BCUT2D eigenvalue weighted by molar-refractivity contribution is -0.129. The molecular weight excluding hydrogens is 214 g/mol. The highest BCUT2D eigenvalue weighted by molar-refractivity contribution is 5.79. The molecule has 2 atom stereocenters. The fourth-order valence-corrected chi connectivity index (χ4v) is 4.34. The topological polar surface area (TPSA) is 58.4 Å². The lowest BCUT2D eigenvalue weighted by Gasteiger charge is -2.39. The Kier molecular flexibility index (Phi) is 2.49. The Bertz CT molecular complexity index is 338. The number of amides is 1. The van der Waals surface area contributed by atoms with Crippen molar-refractivity contribution in [2.24, 2.45) is 11.1 Å². The van der Waals surface area contributed by atoms with Crippen LogP contribution in [-0.2, 0) is 4.79 Å². The molecule has 2 unspecified atom stereocenters. The summed E-state index contributed by atoms with van der Waals surface area (Å²) in [5.41, 5.74) is 6.83. The van der Waals surface area contributed by atoms with E-state index in [0.29, 0.717) is 11.3 Å². The number of carbonyl (C=O) groups excluding carboxylic acids is 1. The molecule has 1 aliphatic carbocycles. The minimum Gasteiger partial charge on any atom is -0.340 e. The van der Waals surface area contributed by atoms with Crippen molar-refractivity contribution in [1.29, 1.82) is 0 Å². The summed E-state index contributed by atoms with van der Waals surface area (Å²) in [6, 6.07) is 0.276. The Balaban J connectivity index is 1.85. The van der Waals surface area contributed by atoms with Crippen molar-refractivity contribution < 1.29 is 4.79 Å². The zero-order valence-corrected chi connectivity index (χ0v) is 10.7. The van der Waals surface area contributed by atoms with Crippen LogP contribution >= 0.6 is 0 Å². The minimum atomic E-state index is 0.0911. The third-order valence-electron chi connectivity index (χ3n) is 5.56. The van der Waals surface area contributed by atoms with Gasteiger partial charge < -0.3 is 16.0 Å². The second kappa shape index (κ2) is 3.69. The van der Waals surface area contributed by atoms with Crippen LogP contribution in [0.15, 0.2) is 0 Å². The van der Waals surface area contributed by atoms with Gasteiger partial charge in [-0.05, 0) is 50.6 Å². The fraction of sp³-hybridized carbons (Fsp3) is 0.923. The van der Waals surface area contributed by atoms with Crippen LogP contribution in [0.1, 0.15) is 38.5 Å². The van der Waals surface area contributed by atoms with Gasteiger partial charge in [0.05, 0.1) is 0 Å². The molecule has 0 bridgehead atoms. The minimum absolute atomic E-state index is 0.0911. The molecule has 2 saturated heterocycles. The predicted molar refractivity (Wildman–Crippen MR) is 66.5 cm³/mol. The zero-order valence-electron chi connectivity index (χ0n) is 10.7. The van der Waals surface area contributed by atoms with Crippen LogP contribution in [0.2, 0.25) is 0 Å². The number of piperidine rings is 1. The van der Waals surface area contributed by atoms with Crippen LogP contribution in [0.4, 0.5) is 0 Å². The number of hydrogen-bond acceptors (Lipinski definition) is 3. The summed E-state index contributed by atoms with van der Waals surface area (Å²) in [5, 5.41) is 3.42. The Labute approximate surface area is 103 Å². The molecule has 0 aromatic rings. The maximum Gasteiger partial charge on any atom is 0.222 e. The van der Waals surface area contributed by atoms with Crippen LogP contribution in [0.3, 0.4) is 0 Å². The molecular formula is C13H23N3O. The van der Waals surface area contributed by atoms with Gasteiger partial charge in [-0.15, -0.1) is 0 Å². The molecule has 4 heteroatoms. The molecule has 1 amide bonds. The molecule has 3 aliphatic rings. The van der Waals surface area contributed by atoms with Crippen LogP contribution in [0.5, 0.6) is 0 Å². The molecule has 0 aromatic heterocycles. The van der Waals surface area contributed by atoms with Gasteiger partial charge in [-0.2, -0.15) is 0 Å². The van der Waals surface area contributed by atoms with Gasteiger partial charge in [0.1, 0.15) is 0 Å². The standard InChI is InChI=1S/C13H23N3O/c1-16-11(17)2-3-13(16)8-10(14)12(9-13)4-6-15-7-5-12/h10,15H,2-9,14H2,1H3. The van der Waals surface area contributed by atoms with E-state index in [9.17, 15) is 4.79 Å². The fourth-order valence-electron chi connectivity index (χ4n) is 4.34. The smallest absolute Gasteiger partial charge is 0.222 e. The summed E-state index contributed by atoms with van der Waals surface area (Å²) < 4.78 is 0. The second-order valence-electron chi connectivity index (χ2n) is 6.28. The second-order valence-corrected chi connectivity index (χ2v) is 6.28. The van der Waals surface area contributed by atoms with Gasteiger partial charge >= 0.3 is 0 Å². The number of nitrogens with zero attached hydrogens (tertiary/aromatic N) is 1. The number of nitrogens with two attached hydrogens (primary N) is 1. The van der Waals surface area contributed by atoms with Gasteiger partial charge in [-0.25, -0.2) is 0 Å². The number of hydrogen-bond donors (Lipinski definition) is 2. The van der Waals surface area contributed by atoms with Crippen molar-refractivity contribution in [2.45, 2.75) is 50.1 Å². The summed E-state index contributed by atoms with van der Waals surface area (Å²) >= 11 is 0. The van der Waals surface area contributed by atoms with Crippen molar-refractivity contribution in [2.75, 3.05) is 20.1 Å². The van der Waals surface area contributed by atoms with E-state index in [0.717, 1.165) is 38.8 Å². The highest BCUT2D eigenvalue weighted by atomic mass is 16.2. The first-order valence-electron chi connectivity index (χ1n) is 6.81. The summed E-state index contributed by atoms with van der Waals surface area (Å²) in [7, 11) is 1.97. The first-order valence-corrected chi connectivity index (χ1v) is 6.81. The van der Waals surface area contributed by atoms with Gasteiger partial charge in [-0.3, -0.25) is 4.79 Å². The van der Waals surface area contributed by atoms with Crippen molar-refractivity contribution in [3.8, 4) is 0 Å². The molecule has 2 heterocycles. The predicted octanol–water partition coefficient (Wildman–Crippen LogP) is 0.468. The van der Waals surface area contributed by atoms with Gasteiger partial charge in [0, 0.05) is 25.0 Å². The van der Waals surface area contributed by atoms with Crippen LogP contribution < -0.4 is 11.1 Å². The third kappa shape index (κ3) is 1.54. The van der Waals surface area contributed by atoms with Gasteiger partial charge in [-0.1, -0.05) is 0 Å². The molecule has 4 nitrogen and oxygen atoms in total. The zero-order chi connectivity index (χ0) is 12.1. The van der Waals surface area contributed by atoms with Crippen molar-refractivity contribution in [3.05, 3.63) is 0 Å². The van der Waals surface area contributed by atoms with Crippen LogP contribution in [0.25, 0.3) is 0 Å². The first-order chi connectivity index (χ1) is 8.08. The van der Waals surface area contributed by atoms with Crippen molar-refractivity contribution in [1.82, 2.24) is 10.2 Å². The average molecular weight is 237 g/mol. The largest absolute Gasteiger partial charge is 0.340 e. The molecule has 3 N–H and O–H groups in total. The molecule has 1 saturated carbocycles. The van der Waals surface area contributed by atoms with E-state index in [4.69, 9.17) is 5.73 Å². The first kappa shape index (κ1) is 11.5. The average Bonchev–Trinajstić information content (AvgIpc) is 2.74. The lowest BCUT2D eigenvalue weighted by atomic mass is 9.73.